The van der Waals surface area contributed by atoms with E-state index in [9.17, 15) is 27.9 Å². The number of hydrogen-bond acceptors (Lipinski definition) is 3. The minimum absolute atomic E-state index is 0.0423. The number of nitrogens with one attached hydrogen (secondary N) is 2. The molecule has 0 saturated carbocycles. The van der Waals surface area contributed by atoms with Crippen molar-refractivity contribution in [3.63, 3.8) is 0 Å². The van der Waals surface area contributed by atoms with Gasteiger partial charge in [0.2, 0.25) is 0 Å². The summed E-state index contributed by atoms with van der Waals surface area (Å²) in [7, 11) is 0. The highest BCUT2D eigenvalue weighted by molar-refractivity contribution is 5.91. The lowest BCUT2D eigenvalue weighted by Gasteiger charge is -2.30. The van der Waals surface area contributed by atoms with Gasteiger partial charge in [-0.3, -0.25) is 4.79 Å². The number of fused-ring (bicyclic) bond motifs is 1. The first-order chi connectivity index (χ1) is 14.3. The molecule has 1 heterocycles. The fourth-order valence-corrected chi connectivity index (χ4v) is 3.23. The lowest BCUT2D eigenvalue weighted by Crippen LogP contribution is -2.38. The van der Waals surface area contributed by atoms with Crippen LogP contribution in [-0.2, 0) is 0 Å². The summed E-state index contributed by atoms with van der Waals surface area (Å²) in [5.74, 6) is -2.71. The molecule has 0 aliphatic heterocycles. The normalized spacial score (nSPS) is 12.0. The molecule has 6 nitrogen and oxygen atoms in total. The van der Waals surface area contributed by atoms with E-state index in [1.165, 1.54) is 35.4 Å². The number of aliphatic hydroxyl groups is 1. The summed E-state index contributed by atoms with van der Waals surface area (Å²) in [6.45, 7) is 1.64. The summed E-state index contributed by atoms with van der Waals surface area (Å²) >= 11 is 0. The van der Waals surface area contributed by atoms with Gasteiger partial charge in [0.15, 0.2) is 11.6 Å². The monoisotopic (exact) mass is 419 g/mol. The van der Waals surface area contributed by atoms with Crippen molar-refractivity contribution in [3.05, 3.63) is 76.0 Å². The number of anilines is 1. The highest BCUT2D eigenvalue weighted by atomic mass is 19.2. The number of rotatable bonds is 6. The largest absolute Gasteiger partial charge is 0.396 e. The van der Waals surface area contributed by atoms with Crippen molar-refractivity contribution in [2.75, 3.05) is 18.5 Å². The summed E-state index contributed by atoms with van der Waals surface area (Å²) in [5.41, 5.74) is 0.176. The molecule has 0 radical (unpaired) electrons. The Morgan fingerprint density at radius 2 is 1.77 bits per heavy atom. The van der Waals surface area contributed by atoms with E-state index in [0.717, 1.165) is 12.1 Å². The Morgan fingerprint density at radius 3 is 2.40 bits per heavy atom. The molecular formula is C21H20F3N3O3. The smallest absolute Gasteiger partial charge is 0.322 e. The highest BCUT2D eigenvalue weighted by Crippen LogP contribution is 2.28. The number of aliphatic hydroxyl groups excluding tert-OH is 1. The lowest BCUT2D eigenvalue weighted by atomic mass is 10.0. The van der Waals surface area contributed by atoms with Crippen LogP contribution in [0.1, 0.15) is 24.9 Å². The van der Waals surface area contributed by atoms with Crippen molar-refractivity contribution in [2.24, 2.45) is 0 Å². The van der Waals surface area contributed by atoms with Crippen LogP contribution in [0.5, 0.6) is 0 Å². The summed E-state index contributed by atoms with van der Waals surface area (Å²) in [6.07, 6.45) is 1.62. The number of amides is 2. The second kappa shape index (κ2) is 9.00. The Kier molecular flexibility index (Phi) is 6.41. The second-order valence-electron chi connectivity index (χ2n) is 6.77. The van der Waals surface area contributed by atoms with Crippen molar-refractivity contribution in [1.82, 2.24) is 9.88 Å². The number of pyridine rings is 1. The number of benzene rings is 2. The van der Waals surface area contributed by atoms with Gasteiger partial charge >= 0.3 is 6.03 Å². The average molecular weight is 419 g/mol. The zero-order valence-electron chi connectivity index (χ0n) is 16.1. The van der Waals surface area contributed by atoms with Crippen molar-refractivity contribution in [3.8, 4) is 0 Å². The molecule has 0 aliphatic carbocycles. The molecule has 3 aromatic rings. The Hall–Kier alpha value is -3.33. The van der Waals surface area contributed by atoms with E-state index >= 15 is 0 Å². The molecule has 0 aliphatic rings. The molecule has 1 aromatic heterocycles. The Bertz CT molecular complexity index is 1120. The molecule has 3 N–H and O–H groups in total. The lowest BCUT2D eigenvalue weighted by molar-refractivity contribution is 0.182. The fourth-order valence-electron chi connectivity index (χ4n) is 3.23. The molecule has 30 heavy (non-hydrogen) atoms. The predicted molar refractivity (Wildman–Crippen MR) is 107 cm³/mol. The molecule has 3 rings (SSSR count). The van der Waals surface area contributed by atoms with Gasteiger partial charge in [-0.05, 0) is 60.7 Å². The van der Waals surface area contributed by atoms with Crippen LogP contribution in [0, 0.1) is 17.5 Å². The third-order valence-electron chi connectivity index (χ3n) is 4.81. The number of carbonyl (C=O) groups excluding carboxylic acids is 1. The number of H-pyrrole nitrogens is 1. The maximum absolute atomic E-state index is 13.9. The molecule has 9 heteroatoms. The van der Waals surface area contributed by atoms with Crippen LogP contribution in [-0.4, -0.2) is 34.2 Å². The van der Waals surface area contributed by atoms with Crippen molar-refractivity contribution < 1.29 is 23.1 Å². The van der Waals surface area contributed by atoms with E-state index in [0.29, 0.717) is 11.3 Å². The number of aromatic nitrogens is 1. The van der Waals surface area contributed by atoms with Crippen LogP contribution in [0.2, 0.25) is 0 Å². The molecule has 0 bridgehead atoms. The summed E-state index contributed by atoms with van der Waals surface area (Å²) in [4.78, 5) is 28.8. The van der Waals surface area contributed by atoms with Gasteiger partial charge in [0.25, 0.3) is 5.56 Å². The van der Waals surface area contributed by atoms with E-state index in [-0.39, 0.29) is 30.3 Å². The molecular weight excluding hydrogens is 399 g/mol. The predicted octanol–water partition coefficient (Wildman–Crippen LogP) is 3.92. The van der Waals surface area contributed by atoms with Crippen LogP contribution in [0.25, 0.3) is 10.8 Å². The van der Waals surface area contributed by atoms with E-state index in [4.69, 9.17) is 0 Å². The number of halogens is 3. The fraction of sp³-hybridized carbons (Fsp3) is 0.238. The van der Waals surface area contributed by atoms with E-state index in [1.807, 2.05) is 0 Å². The van der Waals surface area contributed by atoms with Gasteiger partial charge in [0.05, 0.1) is 11.4 Å². The molecule has 1 atom stereocenters. The van der Waals surface area contributed by atoms with E-state index in [1.54, 1.807) is 6.92 Å². The van der Waals surface area contributed by atoms with Gasteiger partial charge in [0, 0.05) is 25.0 Å². The Labute approximate surface area is 170 Å². The minimum Gasteiger partial charge on any atom is -0.396 e. The first-order valence-corrected chi connectivity index (χ1v) is 9.26. The Balaban J connectivity index is 1.99. The van der Waals surface area contributed by atoms with E-state index in [2.05, 4.69) is 10.3 Å². The third-order valence-corrected chi connectivity index (χ3v) is 4.81. The van der Waals surface area contributed by atoms with Crippen LogP contribution < -0.4 is 10.9 Å². The topological polar surface area (TPSA) is 85.4 Å². The van der Waals surface area contributed by atoms with Crippen molar-refractivity contribution in [1.29, 1.82) is 0 Å². The summed E-state index contributed by atoms with van der Waals surface area (Å²) < 4.78 is 40.6. The van der Waals surface area contributed by atoms with Crippen LogP contribution in [0.4, 0.5) is 23.7 Å². The zero-order chi connectivity index (χ0) is 21.8. The van der Waals surface area contributed by atoms with Gasteiger partial charge in [-0.15, -0.1) is 0 Å². The second-order valence-corrected chi connectivity index (χ2v) is 6.77. The number of nitrogens with zero attached hydrogens (tertiary/aromatic N) is 1. The van der Waals surface area contributed by atoms with Crippen molar-refractivity contribution >= 4 is 22.5 Å². The summed E-state index contributed by atoms with van der Waals surface area (Å²) in [6, 6.07) is 5.73. The number of aromatic amines is 1. The molecule has 0 fully saturated rings. The maximum Gasteiger partial charge on any atom is 0.322 e. The average Bonchev–Trinajstić information content (AvgIpc) is 2.71. The Morgan fingerprint density at radius 1 is 1.13 bits per heavy atom. The van der Waals surface area contributed by atoms with Crippen molar-refractivity contribution in [2.45, 2.75) is 19.4 Å². The quantitative estimate of drug-likeness (QED) is 0.566. The number of hydrogen-bond donors (Lipinski definition) is 3. The summed E-state index contributed by atoms with van der Waals surface area (Å²) in [5, 5.41) is 12.0. The molecule has 0 spiro atoms. The molecule has 0 unspecified atom stereocenters. The first kappa shape index (κ1) is 21.4. The van der Waals surface area contributed by atoms with E-state index < -0.39 is 35.1 Å². The molecule has 0 saturated heterocycles. The molecule has 2 aromatic carbocycles. The highest BCUT2D eigenvalue weighted by Gasteiger charge is 2.24. The SMILES string of the molecule is C[C@H](c1c[nH]c(=O)c2cc(F)c(F)cc12)N(CCCO)C(=O)Nc1ccc(F)cc1. The first-order valence-electron chi connectivity index (χ1n) is 9.26. The zero-order valence-corrected chi connectivity index (χ0v) is 16.1. The molecule has 158 valence electrons. The maximum atomic E-state index is 13.9. The van der Waals surface area contributed by atoms with Gasteiger partial charge in [-0.25, -0.2) is 18.0 Å². The van der Waals surface area contributed by atoms with Gasteiger partial charge in [0.1, 0.15) is 5.82 Å². The number of urea groups is 1. The van der Waals surface area contributed by atoms with Gasteiger partial charge in [-0.1, -0.05) is 0 Å². The third kappa shape index (κ3) is 4.46. The number of carbonyl (C=O) groups is 1. The van der Waals surface area contributed by atoms with Crippen LogP contribution in [0.3, 0.4) is 0 Å². The van der Waals surface area contributed by atoms with Gasteiger partial charge in [-0.2, -0.15) is 0 Å². The van der Waals surface area contributed by atoms with Crippen LogP contribution in [0.15, 0.2) is 47.4 Å². The molecule has 2 amide bonds. The van der Waals surface area contributed by atoms with Gasteiger partial charge < -0.3 is 20.3 Å². The van der Waals surface area contributed by atoms with Crippen LogP contribution >= 0.6 is 0 Å². The standard InChI is InChI=1S/C21H20F3N3O3/c1-12(17-11-25-20(29)16-10-19(24)18(23)9-15(16)17)27(7-2-8-28)21(30)26-14-5-3-13(22)4-6-14/h3-6,9-12,28H,2,7-8H2,1H3,(H,25,29)(H,26,30)/t12-/m1/s1. The minimum atomic E-state index is -1.15.